The summed E-state index contributed by atoms with van der Waals surface area (Å²) in [6, 6.07) is 9.32. The molecule has 0 spiro atoms. The van der Waals surface area contributed by atoms with Crippen LogP contribution in [0.5, 0.6) is 0 Å². The van der Waals surface area contributed by atoms with Crippen molar-refractivity contribution in [1.29, 1.82) is 0 Å². The van der Waals surface area contributed by atoms with Gasteiger partial charge in [0.1, 0.15) is 13.2 Å². The van der Waals surface area contributed by atoms with E-state index in [0.717, 1.165) is 5.56 Å². The highest BCUT2D eigenvalue weighted by atomic mass is 32.2. The largest absolute Gasteiger partial charge is 0.522 e. The second-order valence-electron chi connectivity index (χ2n) is 3.23. The van der Waals surface area contributed by atoms with Crippen LogP contribution in [0.3, 0.4) is 0 Å². The maximum atomic E-state index is 10.7. The smallest absolute Gasteiger partial charge is 0.459 e. The number of halogens is 3. The lowest BCUT2D eigenvalue weighted by Crippen LogP contribution is -2.21. The van der Waals surface area contributed by atoms with E-state index in [2.05, 4.69) is 4.74 Å². The predicted molar refractivity (Wildman–Crippen MR) is 60.9 cm³/mol. The van der Waals surface area contributed by atoms with E-state index in [4.69, 9.17) is 18.1 Å². The van der Waals surface area contributed by atoms with Gasteiger partial charge in [-0.05, 0) is 5.56 Å². The van der Waals surface area contributed by atoms with Gasteiger partial charge < -0.3 is 9.84 Å². The number of carbonyl (C=O) groups excluding carboxylic acids is 1. The fourth-order valence-electron chi connectivity index (χ4n) is 0.784. The summed E-state index contributed by atoms with van der Waals surface area (Å²) < 4.78 is 62.2. The normalized spacial score (nSPS) is 11.2. The summed E-state index contributed by atoms with van der Waals surface area (Å²) in [5.74, 6) is -0.598. The molecule has 2 N–H and O–H groups in total. The van der Waals surface area contributed by atoms with E-state index in [1.165, 1.54) is 0 Å². The molecule has 0 atom stereocenters. The molecule has 0 bridgehead atoms. The average molecular weight is 316 g/mol. The van der Waals surface area contributed by atoms with Crippen molar-refractivity contribution in [2.75, 3.05) is 6.61 Å². The number of benzene rings is 1. The van der Waals surface area contributed by atoms with Crippen LogP contribution in [0.4, 0.5) is 13.2 Å². The van der Waals surface area contributed by atoms with E-state index in [9.17, 15) is 18.0 Å². The van der Waals surface area contributed by atoms with E-state index in [1.807, 2.05) is 30.3 Å². The summed E-state index contributed by atoms with van der Waals surface area (Å²) in [6.07, 6.45) is 0. The van der Waals surface area contributed by atoms with Gasteiger partial charge in [-0.1, -0.05) is 30.3 Å². The SMILES string of the molecule is O=C(CO)OCc1ccccc1.O=S(=O)(O)C(F)(F)F. The molecule has 20 heavy (non-hydrogen) atoms. The summed E-state index contributed by atoms with van der Waals surface area (Å²) in [5.41, 5.74) is -4.62. The van der Waals surface area contributed by atoms with E-state index in [1.54, 1.807) is 0 Å². The lowest BCUT2D eigenvalue weighted by Gasteiger charge is -2.01. The minimum atomic E-state index is -5.84. The minimum Gasteiger partial charge on any atom is -0.459 e. The number of hydrogen-bond donors (Lipinski definition) is 2. The number of alkyl halides is 3. The third-order valence-electron chi connectivity index (χ3n) is 1.66. The van der Waals surface area contributed by atoms with Crippen molar-refractivity contribution in [3.8, 4) is 0 Å². The summed E-state index contributed by atoms with van der Waals surface area (Å²) >= 11 is 0. The van der Waals surface area contributed by atoms with Gasteiger partial charge in [-0.3, -0.25) is 4.55 Å². The second kappa shape index (κ2) is 7.82. The van der Waals surface area contributed by atoms with Crippen LogP contribution in [-0.4, -0.2) is 36.2 Å². The van der Waals surface area contributed by atoms with E-state index >= 15 is 0 Å². The van der Waals surface area contributed by atoms with Crippen molar-refractivity contribution in [2.24, 2.45) is 0 Å². The Morgan fingerprint density at radius 2 is 1.65 bits per heavy atom. The van der Waals surface area contributed by atoms with Crippen LogP contribution in [0.25, 0.3) is 0 Å². The first-order chi connectivity index (χ1) is 9.08. The highest BCUT2D eigenvalue weighted by Crippen LogP contribution is 2.20. The van der Waals surface area contributed by atoms with E-state index in [-0.39, 0.29) is 6.61 Å². The molecular weight excluding hydrogens is 305 g/mol. The van der Waals surface area contributed by atoms with Crippen LogP contribution >= 0.6 is 0 Å². The molecule has 6 nitrogen and oxygen atoms in total. The van der Waals surface area contributed by atoms with Crippen molar-refractivity contribution >= 4 is 16.1 Å². The maximum Gasteiger partial charge on any atom is 0.522 e. The van der Waals surface area contributed by atoms with Crippen molar-refractivity contribution in [3.05, 3.63) is 35.9 Å². The molecule has 1 aromatic carbocycles. The van der Waals surface area contributed by atoms with Crippen molar-refractivity contribution in [3.63, 3.8) is 0 Å². The topological polar surface area (TPSA) is 101 Å². The number of ether oxygens (including phenoxy) is 1. The summed E-state index contributed by atoms with van der Waals surface area (Å²) in [5, 5.41) is 8.34. The van der Waals surface area contributed by atoms with Crippen LogP contribution in [0.1, 0.15) is 5.56 Å². The molecule has 0 aliphatic rings. The lowest BCUT2D eigenvalue weighted by molar-refractivity contribution is -0.148. The van der Waals surface area contributed by atoms with Gasteiger partial charge in [0.25, 0.3) is 0 Å². The first-order valence-electron chi connectivity index (χ1n) is 4.92. The zero-order valence-electron chi connectivity index (χ0n) is 9.87. The Kier molecular flexibility index (Phi) is 7.18. The molecule has 0 aliphatic heterocycles. The van der Waals surface area contributed by atoms with Gasteiger partial charge in [-0.15, -0.1) is 0 Å². The van der Waals surface area contributed by atoms with Gasteiger partial charge in [0, 0.05) is 0 Å². The molecule has 0 amide bonds. The van der Waals surface area contributed by atoms with Crippen LogP contribution in [0.2, 0.25) is 0 Å². The number of rotatable bonds is 3. The van der Waals surface area contributed by atoms with Gasteiger partial charge in [0.05, 0.1) is 0 Å². The highest BCUT2D eigenvalue weighted by molar-refractivity contribution is 7.86. The third kappa shape index (κ3) is 7.71. The standard InChI is InChI=1S/C9H10O3.CHF3O3S/c10-6-9(11)12-7-8-4-2-1-3-5-8;2-1(3,4)8(5,6)7/h1-5,10H,6-7H2;(H,5,6,7). The molecule has 0 saturated heterocycles. The fourth-order valence-corrected chi connectivity index (χ4v) is 0.784. The predicted octanol–water partition coefficient (Wildman–Crippen LogP) is 1.12. The molecule has 0 heterocycles. The molecule has 1 aromatic rings. The third-order valence-corrected chi connectivity index (χ3v) is 2.25. The number of carbonyl (C=O) groups is 1. The van der Waals surface area contributed by atoms with Gasteiger partial charge >= 0.3 is 21.6 Å². The Hall–Kier alpha value is -1.65. The van der Waals surface area contributed by atoms with Crippen molar-refractivity contribution < 1.29 is 40.8 Å². The van der Waals surface area contributed by atoms with E-state index < -0.39 is 28.2 Å². The van der Waals surface area contributed by atoms with Crippen LogP contribution in [0.15, 0.2) is 30.3 Å². The van der Waals surface area contributed by atoms with Crippen LogP contribution in [-0.2, 0) is 26.3 Å². The van der Waals surface area contributed by atoms with Gasteiger partial charge in [-0.25, -0.2) is 4.79 Å². The number of esters is 1. The maximum absolute atomic E-state index is 10.7. The van der Waals surface area contributed by atoms with Gasteiger partial charge in [0.15, 0.2) is 0 Å². The first-order valence-corrected chi connectivity index (χ1v) is 6.36. The van der Waals surface area contributed by atoms with Crippen molar-refractivity contribution in [1.82, 2.24) is 0 Å². The molecule has 1 rings (SSSR count). The number of aliphatic hydroxyl groups excluding tert-OH is 1. The van der Waals surface area contributed by atoms with Crippen LogP contribution < -0.4 is 0 Å². The first kappa shape index (κ1) is 18.4. The fraction of sp³-hybridized carbons (Fsp3) is 0.300. The zero-order chi connectivity index (χ0) is 15.8. The molecule has 0 saturated carbocycles. The van der Waals surface area contributed by atoms with Gasteiger partial charge in [-0.2, -0.15) is 21.6 Å². The van der Waals surface area contributed by atoms with Crippen LogP contribution in [0, 0.1) is 0 Å². The molecule has 0 unspecified atom stereocenters. The highest BCUT2D eigenvalue weighted by Gasteiger charge is 2.44. The monoisotopic (exact) mass is 316 g/mol. The molecule has 114 valence electrons. The van der Waals surface area contributed by atoms with E-state index in [0.29, 0.717) is 0 Å². The Morgan fingerprint density at radius 1 is 1.20 bits per heavy atom. The summed E-state index contributed by atoms with van der Waals surface area (Å²) in [4.78, 5) is 10.5. The molecular formula is C10H11F3O6S. The number of aliphatic hydroxyl groups is 1. The Bertz CT molecular complexity index is 512. The Labute approximate surface area is 112 Å². The lowest BCUT2D eigenvalue weighted by atomic mass is 10.2. The Balaban J connectivity index is 0.000000396. The molecule has 0 aromatic heterocycles. The molecule has 10 heteroatoms. The average Bonchev–Trinajstić information content (AvgIpc) is 2.35. The summed E-state index contributed by atoms with van der Waals surface area (Å²) in [6.45, 7) is -0.340. The minimum absolute atomic E-state index is 0.222. The molecule has 0 radical (unpaired) electrons. The second-order valence-corrected chi connectivity index (χ2v) is 4.64. The Morgan fingerprint density at radius 3 is 2.00 bits per heavy atom. The van der Waals surface area contributed by atoms with Gasteiger partial charge in [0.2, 0.25) is 0 Å². The van der Waals surface area contributed by atoms with Crippen molar-refractivity contribution in [2.45, 2.75) is 12.1 Å². The molecule has 0 aliphatic carbocycles. The molecule has 0 fully saturated rings. The summed E-state index contributed by atoms with van der Waals surface area (Å²) in [7, 11) is -5.84. The number of hydrogen-bond acceptors (Lipinski definition) is 5. The zero-order valence-corrected chi connectivity index (χ0v) is 10.7. The quantitative estimate of drug-likeness (QED) is 0.492.